The van der Waals surface area contributed by atoms with Crippen molar-refractivity contribution in [2.45, 2.75) is 38.1 Å². The first-order valence-electron chi connectivity index (χ1n) is 8.04. The zero-order chi connectivity index (χ0) is 15.5. The lowest BCUT2D eigenvalue weighted by Crippen LogP contribution is -2.35. The van der Waals surface area contributed by atoms with E-state index < -0.39 is 0 Å². The predicted molar refractivity (Wildman–Crippen MR) is 83.9 cm³/mol. The van der Waals surface area contributed by atoms with E-state index in [9.17, 15) is 4.79 Å². The highest BCUT2D eigenvalue weighted by molar-refractivity contribution is 5.79. The zero-order valence-electron chi connectivity index (χ0n) is 13.4. The number of methoxy groups -OCH3 is 1. The molecule has 0 N–H and O–H groups in total. The minimum Gasteiger partial charge on any atom is -0.481 e. The largest absolute Gasteiger partial charge is 0.481 e. The molecule has 1 saturated heterocycles. The van der Waals surface area contributed by atoms with Gasteiger partial charge in [0.05, 0.1) is 7.11 Å². The van der Waals surface area contributed by atoms with Crippen molar-refractivity contribution >= 4 is 11.7 Å². The molecule has 0 aromatic carbocycles. The van der Waals surface area contributed by atoms with Crippen molar-refractivity contribution in [2.75, 3.05) is 32.1 Å². The molecule has 1 atom stereocenters. The first-order valence-corrected chi connectivity index (χ1v) is 8.04. The van der Waals surface area contributed by atoms with E-state index in [0.29, 0.717) is 30.2 Å². The van der Waals surface area contributed by atoms with Crippen LogP contribution in [-0.4, -0.2) is 54.1 Å². The summed E-state index contributed by atoms with van der Waals surface area (Å²) in [6.45, 7) is 1.71. The summed E-state index contributed by atoms with van der Waals surface area (Å²) in [6.07, 6.45) is 7.05. The highest BCUT2D eigenvalue weighted by atomic mass is 16.5. The normalized spacial score (nSPS) is 22.4. The second-order valence-electron chi connectivity index (χ2n) is 6.35. The van der Waals surface area contributed by atoms with Gasteiger partial charge in [0.25, 0.3) is 0 Å². The highest BCUT2D eigenvalue weighted by Crippen LogP contribution is 2.30. The monoisotopic (exact) mass is 304 g/mol. The van der Waals surface area contributed by atoms with Crippen molar-refractivity contribution < 1.29 is 9.53 Å². The van der Waals surface area contributed by atoms with E-state index in [1.165, 1.54) is 32.0 Å². The van der Waals surface area contributed by atoms with E-state index >= 15 is 0 Å². The molecule has 3 rings (SSSR count). The average Bonchev–Trinajstić information content (AvgIpc) is 3.16. The van der Waals surface area contributed by atoms with Gasteiger partial charge in [0.1, 0.15) is 12.1 Å². The number of anilines is 1. The Kier molecular flexibility index (Phi) is 4.45. The van der Waals surface area contributed by atoms with Crippen LogP contribution in [0, 0.1) is 5.92 Å². The number of likely N-dealkylation sites (tertiary alicyclic amines) is 1. The van der Waals surface area contributed by atoms with E-state index in [-0.39, 0.29) is 0 Å². The van der Waals surface area contributed by atoms with Crippen LogP contribution >= 0.6 is 0 Å². The predicted octanol–water partition coefficient (Wildman–Crippen LogP) is 1.71. The van der Waals surface area contributed by atoms with Gasteiger partial charge in [-0.2, -0.15) is 0 Å². The first kappa shape index (κ1) is 15.1. The minimum atomic E-state index is 0.325. The molecule has 22 heavy (non-hydrogen) atoms. The summed E-state index contributed by atoms with van der Waals surface area (Å²) >= 11 is 0. The summed E-state index contributed by atoms with van der Waals surface area (Å²) in [7, 11) is 3.60. The fraction of sp³-hybridized carbons (Fsp3) is 0.688. The molecule has 1 aromatic heterocycles. The van der Waals surface area contributed by atoms with Crippen molar-refractivity contribution in [1.82, 2.24) is 14.9 Å². The van der Waals surface area contributed by atoms with Gasteiger partial charge in [-0.3, -0.25) is 4.79 Å². The molecular weight excluding hydrogens is 280 g/mol. The van der Waals surface area contributed by atoms with Crippen molar-refractivity contribution in [1.29, 1.82) is 0 Å². The number of nitrogens with zero attached hydrogens (tertiary/aromatic N) is 4. The number of carbonyl (C=O) groups is 1. The summed E-state index contributed by atoms with van der Waals surface area (Å²) < 4.78 is 5.14. The molecule has 2 heterocycles. The van der Waals surface area contributed by atoms with Crippen LogP contribution in [0.15, 0.2) is 12.4 Å². The Morgan fingerprint density at radius 2 is 2.14 bits per heavy atom. The van der Waals surface area contributed by atoms with Crippen molar-refractivity contribution in [3.8, 4) is 5.88 Å². The number of ether oxygens (including phenoxy) is 1. The molecule has 1 aliphatic carbocycles. The maximum Gasteiger partial charge on any atom is 0.223 e. The molecule has 2 aliphatic rings. The number of rotatable bonds is 5. The molecule has 1 aliphatic heterocycles. The number of hydrogen-bond acceptors (Lipinski definition) is 5. The molecule has 0 radical (unpaired) electrons. The topological polar surface area (TPSA) is 58.6 Å². The van der Waals surface area contributed by atoms with Gasteiger partial charge in [-0.25, -0.2) is 9.97 Å². The fourth-order valence-electron chi connectivity index (χ4n) is 3.63. The van der Waals surface area contributed by atoms with Crippen LogP contribution in [0.5, 0.6) is 5.88 Å². The lowest BCUT2D eigenvalue weighted by atomic mass is 10.1. The van der Waals surface area contributed by atoms with Gasteiger partial charge in [-0.15, -0.1) is 0 Å². The molecule has 120 valence electrons. The van der Waals surface area contributed by atoms with Crippen LogP contribution in [0.25, 0.3) is 0 Å². The van der Waals surface area contributed by atoms with E-state index in [1.807, 2.05) is 13.1 Å². The molecule has 1 aromatic rings. The van der Waals surface area contributed by atoms with E-state index in [4.69, 9.17) is 4.74 Å². The van der Waals surface area contributed by atoms with E-state index in [0.717, 1.165) is 18.9 Å². The maximum atomic E-state index is 12.3. The summed E-state index contributed by atoms with van der Waals surface area (Å²) in [5.41, 5.74) is 0. The Morgan fingerprint density at radius 3 is 2.86 bits per heavy atom. The molecule has 1 amide bonds. The Labute approximate surface area is 131 Å². The molecule has 0 bridgehead atoms. The second-order valence-corrected chi connectivity index (χ2v) is 6.35. The standard InChI is InChI=1S/C16H24N4O2/c1-19(14-8-15(22-2)18-11-17-14)9-12-7-16(21)20(10-12)13-5-3-4-6-13/h8,11-13H,3-7,9-10H2,1-2H3. The third-order valence-corrected chi connectivity index (χ3v) is 4.76. The van der Waals surface area contributed by atoms with Gasteiger partial charge in [-0.05, 0) is 12.8 Å². The highest BCUT2D eigenvalue weighted by Gasteiger charge is 2.35. The summed E-state index contributed by atoms with van der Waals surface area (Å²) in [4.78, 5) is 24.8. The number of aromatic nitrogens is 2. The van der Waals surface area contributed by atoms with Crippen LogP contribution in [0.1, 0.15) is 32.1 Å². The summed E-state index contributed by atoms with van der Waals surface area (Å²) in [5, 5.41) is 0. The molecule has 1 saturated carbocycles. The molecule has 6 nitrogen and oxygen atoms in total. The Bertz CT molecular complexity index is 531. The number of hydrogen-bond donors (Lipinski definition) is 0. The Morgan fingerprint density at radius 1 is 1.36 bits per heavy atom. The van der Waals surface area contributed by atoms with Gasteiger partial charge in [0.15, 0.2) is 0 Å². The molecule has 2 fully saturated rings. The molecule has 1 unspecified atom stereocenters. The van der Waals surface area contributed by atoms with E-state index in [2.05, 4.69) is 19.8 Å². The van der Waals surface area contributed by atoms with Crippen LogP contribution in [0.3, 0.4) is 0 Å². The zero-order valence-corrected chi connectivity index (χ0v) is 13.4. The quantitative estimate of drug-likeness (QED) is 0.829. The molecular formula is C16H24N4O2. The van der Waals surface area contributed by atoms with E-state index in [1.54, 1.807) is 7.11 Å². The van der Waals surface area contributed by atoms with Crippen LogP contribution in [0.2, 0.25) is 0 Å². The molecule has 0 spiro atoms. The first-order chi connectivity index (χ1) is 10.7. The van der Waals surface area contributed by atoms with Gasteiger partial charge in [0.2, 0.25) is 11.8 Å². The Balaban J connectivity index is 1.59. The van der Waals surface area contributed by atoms with Crippen LogP contribution in [0.4, 0.5) is 5.82 Å². The third-order valence-electron chi connectivity index (χ3n) is 4.76. The van der Waals surface area contributed by atoms with Crippen molar-refractivity contribution in [2.24, 2.45) is 5.92 Å². The van der Waals surface area contributed by atoms with Gasteiger partial charge in [0, 0.05) is 44.6 Å². The lowest BCUT2D eigenvalue weighted by molar-refractivity contribution is -0.129. The molecule has 6 heteroatoms. The number of carbonyl (C=O) groups excluding carboxylic acids is 1. The van der Waals surface area contributed by atoms with Crippen molar-refractivity contribution in [3.05, 3.63) is 12.4 Å². The van der Waals surface area contributed by atoms with Crippen molar-refractivity contribution in [3.63, 3.8) is 0 Å². The SMILES string of the molecule is COc1cc(N(C)CC2CC(=O)N(C3CCCC3)C2)ncn1. The second kappa shape index (κ2) is 6.50. The van der Waals surface area contributed by atoms with Gasteiger partial charge >= 0.3 is 0 Å². The smallest absolute Gasteiger partial charge is 0.223 e. The number of amides is 1. The fourth-order valence-corrected chi connectivity index (χ4v) is 3.63. The average molecular weight is 304 g/mol. The van der Waals surface area contributed by atoms with Gasteiger partial charge in [-0.1, -0.05) is 12.8 Å². The van der Waals surface area contributed by atoms with Crippen LogP contribution in [-0.2, 0) is 4.79 Å². The summed E-state index contributed by atoms with van der Waals surface area (Å²) in [5.74, 6) is 2.09. The third kappa shape index (κ3) is 3.15. The minimum absolute atomic E-state index is 0.325. The summed E-state index contributed by atoms with van der Waals surface area (Å²) in [6, 6.07) is 2.31. The Hall–Kier alpha value is -1.85. The lowest BCUT2D eigenvalue weighted by Gasteiger charge is -2.25. The van der Waals surface area contributed by atoms with Crippen LogP contribution < -0.4 is 9.64 Å². The van der Waals surface area contributed by atoms with Gasteiger partial charge < -0.3 is 14.5 Å². The maximum absolute atomic E-state index is 12.3.